The van der Waals surface area contributed by atoms with E-state index >= 15 is 0 Å². The van der Waals surface area contributed by atoms with Crippen molar-refractivity contribution in [2.45, 2.75) is 12.6 Å². The molecule has 98 valence electrons. The first-order valence-corrected chi connectivity index (χ1v) is 6.88. The van der Waals surface area contributed by atoms with Gasteiger partial charge < -0.3 is 15.2 Å². The molecule has 3 rings (SSSR count). The van der Waals surface area contributed by atoms with E-state index < -0.39 is 5.97 Å². The Labute approximate surface area is 114 Å². The number of nitrogens with one attached hydrogen (secondary N) is 1. The zero-order valence-electron chi connectivity index (χ0n) is 10.1. The highest BCUT2D eigenvalue weighted by Crippen LogP contribution is 2.32. The summed E-state index contributed by atoms with van der Waals surface area (Å²) in [6.07, 6.45) is 0. The van der Waals surface area contributed by atoms with E-state index in [-0.39, 0.29) is 6.04 Å². The van der Waals surface area contributed by atoms with Crippen LogP contribution in [-0.2, 0) is 6.54 Å². The van der Waals surface area contributed by atoms with Gasteiger partial charge in [-0.3, -0.25) is 0 Å². The van der Waals surface area contributed by atoms with Crippen LogP contribution in [0.4, 0.5) is 0 Å². The Bertz CT molecular complexity index is 608. The molecule has 2 N–H and O–H groups in total. The lowest BCUT2D eigenvalue weighted by atomic mass is 10.1. The molecule has 1 aromatic carbocycles. The van der Waals surface area contributed by atoms with E-state index in [1.807, 2.05) is 18.2 Å². The van der Waals surface area contributed by atoms with Gasteiger partial charge in [0, 0.05) is 22.4 Å². The maximum atomic E-state index is 10.8. The van der Waals surface area contributed by atoms with Crippen molar-refractivity contribution in [1.29, 1.82) is 0 Å². The maximum absolute atomic E-state index is 10.8. The van der Waals surface area contributed by atoms with Gasteiger partial charge in [0.1, 0.15) is 12.4 Å². The van der Waals surface area contributed by atoms with E-state index in [9.17, 15) is 4.79 Å². The Morgan fingerprint density at radius 3 is 3.11 bits per heavy atom. The second-order valence-corrected chi connectivity index (χ2v) is 5.38. The van der Waals surface area contributed by atoms with Gasteiger partial charge in [0.25, 0.3) is 0 Å². The third-order valence-electron chi connectivity index (χ3n) is 3.12. The standard InChI is InChI=1S/C14H13NO3S/c16-14(17)9-5-10(19-8-9)6-15-12-7-18-13-4-2-1-3-11(12)13/h1-5,8,12,15H,6-7H2,(H,16,17). The molecule has 2 heterocycles. The van der Waals surface area contributed by atoms with Crippen LogP contribution in [0.3, 0.4) is 0 Å². The van der Waals surface area contributed by atoms with Crippen molar-refractivity contribution in [3.63, 3.8) is 0 Å². The second-order valence-electron chi connectivity index (χ2n) is 4.39. The van der Waals surface area contributed by atoms with Gasteiger partial charge in [-0.2, -0.15) is 0 Å². The zero-order chi connectivity index (χ0) is 13.2. The Balaban J connectivity index is 1.65. The van der Waals surface area contributed by atoms with Gasteiger partial charge >= 0.3 is 5.97 Å². The van der Waals surface area contributed by atoms with Crippen LogP contribution < -0.4 is 10.1 Å². The lowest BCUT2D eigenvalue weighted by molar-refractivity contribution is 0.0697. The normalized spacial score (nSPS) is 16.9. The summed E-state index contributed by atoms with van der Waals surface area (Å²) >= 11 is 1.46. The maximum Gasteiger partial charge on any atom is 0.336 e. The molecule has 5 heteroatoms. The number of rotatable bonds is 4. The number of carboxylic acids is 1. The molecule has 1 aliphatic rings. The summed E-state index contributed by atoms with van der Waals surface area (Å²) in [5.74, 6) is 0.0504. The summed E-state index contributed by atoms with van der Waals surface area (Å²) in [6.45, 7) is 1.27. The van der Waals surface area contributed by atoms with Crippen LogP contribution in [0.2, 0.25) is 0 Å². The van der Waals surface area contributed by atoms with E-state index in [4.69, 9.17) is 9.84 Å². The quantitative estimate of drug-likeness (QED) is 0.900. The van der Waals surface area contributed by atoms with Crippen LogP contribution in [0.5, 0.6) is 5.75 Å². The molecular weight excluding hydrogens is 262 g/mol. The summed E-state index contributed by atoms with van der Waals surface area (Å²) in [6, 6.07) is 9.85. The number of benzene rings is 1. The van der Waals surface area contributed by atoms with Gasteiger partial charge in [0.05, 0.1) is 11.6 Å². The van der Waals surface area contributed by atoms with Gasteiger partial charge in [-0.25, -0.2) is 4.79 Å². The van der Waals surface area contributed by atoms with E-state index in [0.717, 1.165) is 16.2 Å². The highest BCUT2D eigenvalue weighted by molar-refractivity contribution is 7.10. The first-order valence-electron chi connectivity index (χ1n) is 6.00. The first-order chi connectivity index (χ1) is 9.24. The fourth-order valence-corrected chi connectivity index (χ4v) is 2.95. The summed E-state index contributed by atoms with van der Waals surface area (Å²) in [4.78, 5) is 11.8. The first kappa shape index (κ1) is 12.2. The molecule has 1 unspecified atom stereocenters. The van der Waals surface area contributed by atoms with Gasteiger partial charge in [-0.1, -0.05) is 18.2 Å². The summed E-state index contributed by atoms with van der Waals surface area (Å²) in [7, 11) is 0. The number of hydrogen-bond donors (Lipinski definition) is 2. The van der Waals surface area contributed by atoms with Crippen LogP contribution in [0.1, 0.15) is 26.8 Å². The van der Waals surface area contributed by atoms with E-state index in [0.29, 0.717) is 18.7 Å². The predicted octanol–water partition coefficient (Wildman–Crippen LogP) is 2.67. The molecule has 1 atom stereocenters. The van der Waals surface area contributed by atoms with Crippen molar-refractivity contribution in [3.05, 3.63) is 51.7 Å². The molecule has 4 nitrogen and oxygen atoms in total. The highest BCUT2D eigenvalue weighted by Gasteiger charge is 2.22. The van der Waals surface area contributed by atoms with Gasteiger partial charge in [0.15, 0.2) is 0 Å². The minimum absolute atomic E-state index is 0.173. The predicted molar refractivity (Wildman–Crippen MR) is 72.8 cm³/mol. The summed E-state index contributed by atoms with van der Waals surface area (Å²) < 4.78 is 5.59. The molecule has 0 aliphatic carbocycles. The van der Waals surface area contributed by atoms with Gasteiger partial charge in [-0.15, -0.1) is 11.3 Å². The lowest BCUT2D eigenvalue weighted by Crippen LogP contribution is -2.21. The largest absolute Gasteiger partial charge is 0.491 e. The number of fused-ring (bicyclic) bond motifs is 1. The number of carbonyl (C=O) groups is 1. The summed E-state index contributed by atoms with van der Waals surface area (Å²) in [5, 5.41) is 13.9. The summed E-state index contributed by atoms with van der Waals surface area (Å²) in [5.41, 5.74) is 1.52. The van der Waals surface area contributed by atoms with E-state index in [1.54, 1.807) is 11.4 Å². The monoisotopic (exact) mass is 275 g/mol. The fraction of sp³-hybridized carbons (Fsp3) is 0.214. The molecule has 0 saturated carbocycles. The molecular formula is C14H13NO3S. The van der Waals surface area contributed by atoms with Gasteiger partial charge in [0.2, 0.25) is 0 Å². The molecule has 2 aromatic rings. The Kier molecular flexibility index (Phi) is 3.23. The molecule has 1 aromatic heterocycles. The van der Waals surface area contributed by atoms with Crippen molar-refractivity contribution >= 4 is 17.3 Å². The van der Waals surface area contributed by atoms with Crippen molar-refractivity contribution in [3.8, 4) is 5.75 Å². The number of aromatic carboxylic acids is 1. The topological polar surface area (TPSA) is 58.6 Å². The van der Waals surface area contributed by atoms with Crippen molar-refractivity contribution in [2.75, 3.05) is 6.61 Å². The SMILES string of the molecule is O=C(O)c1csc(CNC2COc3ccccc32)c1. The molecule has 1 aliphatic heterocycles. The smallest absolute Gasteiger partial charge is 0.336 e. The van der Waals surface area contributed by atoms with Gasteiger partial charge in [-0.05, 0) is 12.1 Å². The molecule has 0 fully saturated rings. The average molecular weight is 275 g/mol. The molecule has 0 radical (unpaired) electrons. The molecule has 0 bridgehead atoms. The Morgan fingerprint density at radius 1 is 1.47 bits per heavy atom. The van der Waals surface area contributed by atoms with Crippen LogP contribution in [0, 0.1) is 0 Å². The van der Waals surface area contributed by atoms with E-state index in [1.165, 1.54) is 11.3 Å². The van der Waals surface area contributed by atoms with Crippen LogP contribution >= 0.6 is 11.3 Å². The molecule has 0 spiro atoms. The fourth-order valence-electron chi connectivity index (χ4n) is 2.14. The zero-order valence-corrected chi connectivity index (χ0v) is 10.9. The second kappa shape index (κ2) is 5.03. The number of para-hydroxylation sites is 1. The van der Waals surface area contributed by atoms with Crippen LogP contribution in [0.25, 0.3) is 0 Å². The van der Waals surface area contributed by atoms with Crippen molar-refractivity contribution < 1.29 is 14.6 Å². The number of ether oxygens (including phenoxy) is 1. The molecule has 0 amide bonds. The minimum Gasteiger partial charge on any atom is -0.491 e. The third kappa shape index (κ3) is 2.47. The van der Waals surface area contributed by atoms with Crippen LogP contribution in [0.15, 0.2) is 35.7 Å². The van der Waals surface area contributed by atoms with E-state index in [2.05, 4.69) is 11.4 Å². The third-order valence-corrected chi connectivity index (χ3v) is 4.06. The number of thiophene rings is 1. The lowest BCUT2D eigenvalue weighted by Gasteiger charge is -2.10. The Morgan fingerprint density at radius 2 is 2.32 bits per heavy atom. The number of carboxylic acid groups (broad SMARTS) is 1. The molecule has 0 saturated heterocycles. The average Bonchev–Trinajstić information content (AvgIpc) is 3.03. The van der Waals surface area contributed by atoms with Crippen molar-refractivity contribution in [1.82, 2.24) is 5.32 Å². The van der Waals surface area contributed by atoms with Crippen molar-refractivity contribution in [2.24, 2.45) is 0 Å². The Hall–Kier alpha value is -1.85. The molecule has 19 heavy (non-hydrogen) atoms. The highest BCUT2D eigenvalue weighted by atomic mass is 32.1. The number of hydrogen-bond acceptors (Lipinski definition) is 4. The minimum atomic E-state index is -0.878. The van der Waals surface area contributed by atoms with Crippen LogP contribution in [-0.4, -0.2) is 17.7 Å².